The topological polar surface area (TPSA) is 85.6 Å². The standard InChI is InChI=1S/C37H41NO5/c1-2-3-4-11-14-36(39)42-28-13-10-8-6-5-7-9-12-27-41-34-23-21-33(22-24-34)37(40)43-35-25-19-32(20-26-35)31-17-15-30(29-38)16-18-31/h1,15-26H,3-14,27-28H2. The largest absolute Gasteiger partial charge is 0.494 e. The molecule has 0 aliphatic heterocycles. The van der Waals surface area contributed by atoms with Crippen LogP contribution >= 0.6 is 0 Å². The third-order valence-electron chi connectivity index (χ3n) is 7.02. The van der Waals surface area contributed by atoms with Gasteiger partial charge in [0.05, 0.1) is 30.4 Å². The van der Waals surface area contributed by atoms with Gasteiger partial charge in [-0.2, -0.15) is 5.26 Å². The number of terminal acetylenes is 1. The first-order chi connectivity index (χ1) is 21.1. The zero-order valence-corrected chi connectivity index (χ0v) is 24.9. The molecule has 224 valence electrons. The van der Waals surface area contributed by atoms with E-state index in [0.717, 1.165) is 68.2 Å². The van der Waals surface area contributed by atoms with Crippen molar-refractivity contribution in [3.05, 3.63) is 83.9 Å². The van der Waals surface area contributed by atoms with Crippen LogP contribution < -0.4 is 9.47 Å². The number of hydrogen-bond donors (Lipinski definition) is 0. The highest BCUT2D eigenvalue weighted by atomic mass is 16.5. The predicted octanol–water partition coefficient (Wildman–Crippen LogP) is 8.68. The number of rotatable bonds is 19. The second-order valence-corrected chi connectivity index (χ2v) is 10.4. The number of nitrogens with zero attached hydrogens (tertiary/aromatic N) is 1. The minimum atomic E-state index is -0.425. The quantitative estimate of drug-likeness (QED) is 0.0611. The summed E-state index contributed by atoms with van der Waals surface area (Å²) in [5.41, 5.74) is 3.03. The summed E-state index contributed by atoms with van der Waals surface area (Å²) in [6.45, 7) is 1.16. The monoisotopic (exact) mass is 579 g/mol. The fraction of sp³-hybridized carbons (Fsp3) is 0.378. The molecule has 3 aromatic carbocycles. The maximum atomic E-state index is 12.6. The molecule has 0 saturated carbocycles. The molecule has 3 rings (SSSR count). The number of unbranched alkanes of at least 4 members (excludes halogenated alkanes) is 9. The number of carbonyl (C=O) groups excluding carboxylic acids is 2. The van der Waals surface area contributed by atoms with E-state index in [4.69, 9.17) is 25.9 Å². The molecule has 0 atom stereocenters. The molecule has 0 aromatic heterocycles. The molecular formula is C37H41NO5. The first-order valence-corrected chi connectivity index (χ1v) is 15.2. The van der Waals surface area contributed by atoms with Crippen molar-refractivity contribution >= 4 is 11.9 Å². The van der Waals surface area contributed by atoms with E-state index in [1.165, 1.54) is 19.3 Å². The summed E-state index contributed by atoms with van der Waals surface area (Å²) >= 11 is 0. The molecule has 6 nitrogen and oxygen atoms in total. The van der Waals surface area contributed by atoms with Crippen molar-refractivity contribution in [2.45, 2.75) is 77.0 Å². The normalized spacial score (nSPS) is 10.4. The van der Waals surface area contributed by atoms with Gasteiger partial charge in [0.25, 0.3) is 0 Å². The molecular weight excluding hydrogens is 538 g/mol. The number of ether oxygens (including phenoxy) is 3. The lowest BCUT2D eigenvalue weighted by atomic mass is 10.0. The summed E-state index contributed by atoms with van der Waals surface area (Å²) in [5, 5.41) is 8.95. The highest BCUT2D eigenvalue weighted by molar-refractivity contribution is 5.91. The van der Waals surface area contributed by atoms with E-state index >= 15 is 0 Å². The van der Waals surface area contributed by atoms with Crippen molar-refractivity contribution in [3.63, 3.8) is 0 Å². The Labute approximate surface area is 256 Å². The lowest BCUT2D eigenvalue weighted by molar-refractivity contribution is -0.143. The third kappa shape index (κ3) is 12.9. The van der Waals surface area contributed by atoms with Crippen LogP contribution in [0.25, 0.3) is 11.1 Å². The van der Waals surface area contributed by atoms with Gasteiger partial charge in [-0.3, -0.25) is 4.79 Å². The second kappa shape index (κ2) is 19.5. The number of carbonyl (C=O) groups is 2. The summed E-state index contributed by atoms with van der Waals surface area (Å²) in [4.78, 5) is 24.2. The molecule has 0 aliphatic rings. The summed E-state index contributed by atoms with van der Waals surface area (Å²) in [6, 6.07) is 23.7. The molecule has 0 unspecified atom stereocenters. The van der Waals surface area contributed by atoms with Crippen molar-refractivity contribution in [2.24, 2.45) is 0 Å². The fourth-order valence-electron chi connectivity index (χ4n) is 4.52. The van der Waals surface area contributed by atoms with Crippen molar-refractivity contribution in [1.29, 1.82) is 5.26 Å². The van der Waals surface area contributed by atoms with Crippen LogP contribution in [0.5, 0.6) is 11.5 Å². The smallest absolute Gasteiger partial charge is 0.343 e. The minimum absolute atomic E-state index is 0.113. The molecule has 6 heteroatoms. The van der Waals surface area contributed by atoms with Gasteiger partial charge in [-0.15, -0.1) is 12.3 Å². The van der Waals surface area contributed by atoms with Crippen LogP contribution in [0.15, 0.2) is 72.8 Å². The first kappa shape index (κ1) is 33.0. The zero-order valence-electron chi connectivity index (χ0n) is 24.9. The number of nitriles is 1. The second-order valence-electron chi connectivity index (χ2n) is 10.4. The maximum Gasteiger partial charge on any atom is 0.343 e. The molecule has 0 heterocycles. The molecule has 0 saturated heterocycles. The van der Waals surface area contributed by atoms with Crippen LogP contribution in [0.1, 0.15) is 93.0 Å². The Morgan fingerprint density at radius 3 is 1.81 bits per heavy atom. The summed E-state index contributed by atoms with van der Waals surface area (Å²) in [5.74, 6) is 3.24. The Bertz CT molecular complexity index is 1330. The van der Waals surface area contributed by atoms with Crippen molar-refractivity contribution in [3.8, 4) is 41.0 Å². The van der Waals surface area contributed by atoms with Gasteiger partial charge in [0.1, 0.15) is 11.5 Å². The molecule has 0 bridgehead atoms. The first-order valence-electron chi connectivity index (χ1n) is 15.2. The van der Waals surface area contributed by atoms with Gasteiger partial charge < -0.3 is 14.2 Å². The minimum Gasteiger partial charge on any atom is -0.494 e. The van der Waals surface area contributed by atoms with Crippen LogP contribution in [-0.4, -0.2) is 25.2 Å². The molecule has 3 aromatic rings. The Balaban J connectivity index is 1.21. The highest BCUT2D eigenvalue weighted by Gasteiger charge is 2.09. The van der Waals surface area contributed by atoms with Gasteiger partial charge in [-0.1, -0.05) is 62.8 Å². The molecule has 0 spiro atoms. The van der Waals surface area contributed by atoms with E-state index in [9.17, 15) is 9.59 Å². The number of esters is 2. The van der Waals surface area contributed by atoms with Gasteiger partial charge in [-0.25, -0.2) is 4.79 Å². The maximum absolute atomic E-state index is 12.6. The average molecular weight is 580 g/mol. The van der Waals surface area contributed by atoms with E-state index in [-0.39, 0.29) is 5.97 Å². The molecule has 0 aliphatic carbocycles. The van der Waals surface area contributed by atoms with E-state index in [1.54, 1.807) is 48.5 Å². The summed E-state index contributed by atoms with van der Waals surface area (Å²) in [7, 11) is 0. The molecule has 0 N–H and O–H groups in total. The lowest BCUT2D eigenvalue weighted by Crippen LogP contribution is -2.08. The van der Waals surface area contributed by atoms with E-state index in [0.29, 0.717) is 36.5 Å². The summed E-state index contributed by atoms with van der Waals surface area (Å²) in [6.07, 6.45) is 16.9. The highest BCUT2D eigenvalue weighted by Crippen LogP contribution is 2.24. The molecule has 43 heavy (non-hydrogen) atoms. The van der Waals surface area contributed by atoms with Gasteiger partial charge in [-0.05, 0) is 85.3 Å². The van der Waals surface area contributed by atoms with Crippen LogP contribution in [-0.2, 0) is 9.53 Å². The van der Waals surface area contributed by atoms with Crippen LogP contribution in [0.4, 0.5) is 0 Å². The van der Waals surface area contributed by atoms with Gasteiger partial charge >= 0.3 is 11.9 Å². The van der Waals surface area contributed by atoms with Crippen molar-refractivity contribution in [1.82, 2.24) is 0 Å². The Hall–Kier alpha value is -4.55. The third-order valence-corrected chi connectivity index (χ3v) is 7.02. The zero-order chi connectivity index (χ0) is 30.5. The fourth-order valence-corrected chi connectivity index (χ4v) is 4.52. The number of hydrogen-bond acceptors (Lipinski definition) is 6. The average Bonchev–Trinajstić information content (AvgIpc) is 3.04. The Kier molecular flexibility index (Phi) is 15.0. The Morgan fingerprint density at radius 2 is 1.21 bits per heavy atom. The Morgan fingerprint density at radius 1 is 0.651 bits per heavy atom. The van der Waals surface area contributed by atoms with Gasteiger partial charge in [0.15, 0.2) is 0 Å². The van der Waals surface area contributed by atoms with Crippen LogP contribution in [0, 0.1) is 23.7 Å². The van der Waals surface area contributed by atoms with E-state index in [2.05, 4.69) is 12.0 Å². The molecule has 0 radical (unpaired) electrons. The predicted molar refractivity (Wildman–Crippen MR) is 169 cm³/mol. The van der Waals surface area contributed by atoms with Gasteiger partial charge in [0, 0.05) is 12.8 Å². The lowest BCUT2D eigenvalue weighted by Gasteiger charge is -2.08. The van der Waals surface area contributed by atoms with Gasteiger partial charge in [0.2, 0.25) is 0 Å². The van der Waals surface area contributed by atoms with Crippen LogP contribution in [0.3, 0.4) is 0 Å². The van der Waals surface area contributed by atoms with Crippen molar-refractivity contribution < 1.29 is 23.8 Å². The molecule has 0 fully saturated rings. The van der Waals surface area contributed by atoms with Crippen LogP contribution in [0.2, 0.25) is 0 Å². The number of benzene rings is 3. The van der Waals surface area contributed by atoms with E-state index < -0.39 is 5.97 Å². The molecule has 0 amide bonds. The SMILES string of the molecule is C#CCCCCC(=O)OCCCCCCCCCCOc1ccc(C(=O)Oc2ccc(-c3ccc(C#N)cc3)cc2)cc1. The summed E-state index contributed by atoms with van der Waals surface area (Å²) < 4.78 is 16.6. The van der Waals surface area contributed by atoms with E-state index in [1.807, 2.05) is 24.3 Å². The van der Waals surface area contributed by atoms with Crippen molar-refractivity contribution in [2.75, 3.05) is 13.2 Å².